The van der Waals surface area contributed by atoms with Crippen molar-refractivity contribution in [2.45, 2.75) is 26.9 Å². The molecule has 0 aliphatic heterocycles. The van der Waals surface area contributed by atoms with Crippen LogP contribution in [0.2, 0.25) is 0 Å². The minimum atomic E-state index is -0.149. The van der Waals surface area contributed by atoms with Crippen LogP contribution in [0, 0.1) is 13.8 Å². The summed E-state index contributed by atoms with van der Waals surface area (Å²) in [6, 6.07) is 15.9. The van der Waals surface area contributed by atoms with E-state index < -0.39 is 0 Å². The fourth-order valence-corrected chi connectivity index (χ4v) is 2.33. The van der Waals surface area contributed by atoms with Gasteiger partial charge in [-0.25, -0.2) is 0 Å². The van der Waals surface area contributed by atoms with Gasteiger partial charge in [-0.1, -0.05) is 54.1 Å². The summed E-state index contributed by atoms with van der Waals surface area (Å²) in [6.07, 6.45) is 0. The van der Waals surface area contributed by atoms with E-state index in [4.69, 9.17) is 0 Å². The van der Waals surface area contributed by atoms with Crippen LogP contribution in [0.5, 0.6) is 0 Å². The molecule has 0 atom stereocenters. The molecule has 6 nitrogen and oxygen atoms in total. The van der Waals surface area contributed by atoms with Gasteiger partial charge in [-0.05, 0) is 30.2 Å². The minimum absolute atomic E-state index is 0.0464. The zero-order valence-corrected chi connectivity index (χ0v) is 13.7. The third-order valence-corrected chi connectivity index (χ3v) is 3.73. The van der Waals surface area contributed by atoms with Gasteiger partial charge in [0.15, 0.2) is 0 Å². The Kier molecular flexibility index (Phi) is 4.65. The first-order valence-electron chi connectivity index (χ1n) is 7.78. The van der Waals surface area contributed by atoms with Crippen molar-refractivity contribution in [3.63, 3.8) is 0 Å². The van der Waals surface area contributed by atoms with Crippen LogP contribution in [0.1, 0.15) is 16.7 Å². The van der Waals surface area contributed by atoms with Gasteiger partial charge in [0, 0.05) is 12.1 Å². The van der Waals surface area contributed by atoms with Crippen LogP contribution in [0.15, 0.2) is 48.5 Å². The molecule has 0 aliphatic carbocycles. The standard InChI is InChI=1S/C18H19N5O/c1-13-7-9-15(10-8-13)11-19-17(24)12-23-21-18(20-22-23)16-6-4-3-5-14(16)2/h3-10H,11-12H2,1-2H3,(H,19,24). The Labute approximate surface area is 140 Å². The number of rotatable bonds is 5. The van der Waals surface area contributed by atoms with Crippen molar-refractivity contribution in [2.75, 3.05) is 0 Å². The molecule has 0 bridgehead atoms. The zero-order valence-electron chi connectivity index (χ0n) is 13.7. The van der Waals surface area contributed by atoms with E-state index in [0.717, 1.165) is 16.7 Å². The van der Waals surface area contributed by atoms with Crippen LogP contribution in [-0.4, -0.2) is 26.1 Å². The first-order valence-corrected chi connectivity index (χ1v) is 7.78. The second-order valence-corrected chi connectivity index (χ2v) is 5.72. The Hall–Kier alpha value is -3.02. The summed E-state index contributed by atoms with van der Waals surface area (Å²) in [6.45, 7) is 4.55. The predicted molar refractivity (Wildman–Crippen MR) is 91.0 cm³/mol. The van der Waals surface area contributed by atoms with Gasteiger partial charge in [-0.15, -0.1) is 10.2 Å². The summed E-state index contributed by atoms with van der Waals surface area (Å²) in [7, 11) is 0. The maximum Gasteiger partial charge on any atom is 0.243 e. The maximum absolute atomic E-state index is 12.0. The van der Waals surface area contributed by atoms with Crippen LogP contribution in [0.4, 0.5) is 0 Å². The number of aromatic nitrogens is 4. The van der Waals surface area contributed by atoms with Crippen molar-refractivity contribution in [2.24, 2.45) is 0 Å². The molecule has 1 aromatic heterocycles. The smallest absolute Gasteiger partial charge is 0.243 e. The number of benzene rings is 2. The van der Waals surface area contributed by atoms with Crippen molar-refractivity contribution in [1.82, 2.24) is 25.5 Å². The maximum atomic E-state index is 12.0. The number of amides is 1. The summed E-state index contributed by atoms with van der Waals surface area (Å²) >= 11 is 0. The van der Waals surface area contributed by atoms with Crippen LogP contribution in [0.3, 0.4) is 0 Å². The first-order chi connectivity index (χ1) is 11.6. The fraction of sp³-hybridized carbons (Fsp3) is 0.222. The SMILES string of the molecule is Cc1ccc(CNC(=O)Cn2nnc(-c3ccccc3C)n2)cc1. The van der Waals surface area contributed by atoms with Gasteiger partial charge < -0.3 is 5.32 Å². The second kappa shape index (κ2) is 7.04. The molecule has 2 aromatic carbocycles. The van der Waals surface area contributed by atoms with Gasteiger partial charge >= 0.3 is 0 Å². The number of hydrogen-bond donors (Lipinski definition) is 1. The van der Waals surface area contributed by atoms with E-state index in [1.54, 1.807) is 0 Å². The highest BCUT2D eigenvalue weighted by molar-refractivity contribution is 5.75. The fourth-order valence-electron chi connectivity index (χ4n) is 2.33. The van der Waals surface area contributed by atoms with E-state index in [1.807, 2.05) is 62.4 Å². The highest BCUT2D eigenvalue weighted by Gasteiger charge is 2.10. The Morgan fingerprint density at radius 2 is 1.83 bits per heavy atom. The first kappa shape index (κ1) is 15.9. The Balaban J connectivity index is 1.59. The van der Waals surface area contributed by atoms with Crippen LogP contribution in [-0.2, 0) is 17.9 Å². The normalized spacial score (nSPS) is 10.6. The van der Waals surface area contributed by atoms with Gasteiger partial charge in [-0.3, -0.25) is 4.79 Å². The number of nitrogens with zero attached hydrogens (tertiary/aromatic N) is 4. The average molecular weight is 321 g/mol. The van der Waals surface area contributed by atoms with Crippen molar-refractivity contribution >= 4 is 5.91 Å². The van der Waals surface area contributed by atoms with E-state index in [2.05, 4.69) is 20.7 Å². The number of nitrogens with one attached hydrogen (secondary N) is 1. The van der Waals surface area contributed by atoms with Crippen molar-refractivity contribution in [1.29, 1.82) is 0 Å². The molecule has 3 rings (SSSR count). The second-order valence-electron chi connectivity index (χ2n) is 5.72. The molecular formula is C18H19N5O. The molecule has 24 heavy (non-hydrogen) atoms. The molecule has 0 fully saturated rings. The molecule has 3 aromatic rings. The van der Waals surface area contributed by atoms with Gasteiger partial charge in [-0.2, -0.15) is 4.80 Å². The average Bonchev–Trinajstić information content (AvgIpc) is 3.03. The molecule has 1 heterocycles. The molecule has 6 heteroatoms. The van der Waals surface area contributed by atoms with Gasteiger partial charge in [0.1, 0.15) is 6.54 Å². The molecule has 0 radical (unpaired) electrons. The van der Waals surface area contributed by atoms with E-state index in [0.29, 0.717) is 12.4 Å². The van der Waals surface area contributed by atoms with Gasteiger partial charge in [0.05, 0.1) is 0 Å². The highest BCUT2D eigenvalue weighted by Crippen LogP contribution is 2.17. The lowest BCUT2D eigenvalue weighted by Gasteiger charge is -2.05. The van der Waals surface area contributed by atoms with Gasteiger partial charge in [0.2, 0.25) is 11.7 Å². The lowest BCUT2D eigenvalue weighted by molar-refractivity contribution is -0.122. The highest BCUT2D eigenvalue weighted by atomic mass is 16.2. The lowest BCUT2D eigenvalue weighted by Crippen LogP contribution is -2.28. The number of hydrogen-bond acceptors (Lipinski definition) is 4. The quantitative estimate of drug-likeness (QED) is 0.782. The van der Waals surface area contributed by atoms with E-state index in [1.165, 1.54) is 10.4 Å². The topological polar surface area (TPSA) is 72.7 Å². The van der Waals surface area contributed by atoms with Crippen LogP contribution >= 0.6 is 0 Å². The minimum Gasteiger partial charge on any atom is -0.350 e. The Morgan fingerprint density at radius 3 is 2.58 bits per heavy atom. The number of aryl methyl sites for hydroxylation is 2. The molecule has 122 valence electrons. The molecule has 1 amide bonds. The molecule has 0 saturated carbocycles. The molecule has 1 N–H and O–H groups in total. The van der Waals surface area contributed by atoms with Gasteiger partial charge in [0.25, 0.3) is 0 Å². The van der Waals surface area contributed by atoms with E-state index in [-0.39, 0.29) is 12.5 Å². The largest absolute Gasteiger partial charge is 0.350 e. The molecule has 0 aliphatic rings. The van der Waals surface area contributed by atoms with Crippen molar-refractivity contribution in [3.05, 3.63) is 65.2 Å². The summed E-state index contributed by atoms with van der Waals surface area (Å²) in [5, 5.41) is 15.1. The molecule has 0 unspecified atom stereocenters. The van der Waals surface area contributed by atoms with Crippen molar-refractivity contribution in [3.8, 4) is 11.4 Å². The van der Waals surface area contributed by atoms with Crippen LogP contribution < -0.4 is 5.32 Å². The third-order valence-electron chi connectivity index (χ3n) is 3.73. The zero-order chi connectivity index (χ0) is 16.9. The monoisotopic (exact) mass is 321 g/mol. The summed E-state index contributed by atoms with van der Waals surface area (Å²) in [5.41, 5.74) is 4.24. The summed E-state index contributed by atoms with van der Waals surface area (Å²) in [5.74, 6) is 0.378. The predicted octanol–water partition coefficient (Wildman–Crippen LogP) is 2.27. The molecule has 0 spiro atoms. The Morgan fingerprint density at radius 1 is 1.08 bits per heavy atom. The number of tetrazole rings is 1. The van der Waals surface area contributed by atoms with E-state index in [9.17, 15) is 4.79 Å². The lowest BCUT2D eigenvalue weighted by atomic mass is 10.1. The summed E-state index contributed by atoms with van der Waals surface area (Å²) < 4.78 is 0. The van der Waals surface area contributed by atoms with Crippen molar-refractivity contribution < 1.29 is 4.79 Å². The third kappa shape index (κ3) is 3.84. The summed E-state index contributed by atoms with van der Waals surface area (Å²) in [4.78, 5) is 13.3. The number of carbonyl (C=O) groups excluding carboxylic acids is 1. The molecular weight excluding hydrogens is 302 g/mol. The number of carbonyl (C=O) groups is 1. The molecule has 0 saturated heterocycles. The Bertz CT molecular complexity index is 839. The van der Waals surface area contributed by atoms with Crippen LogP contribution in [0.25, 0.3) is 11.4 Å². The van der Waals surface area contributed by atoms with E-state index >= 15 is 0 Å².